The van der Waals surface area contributed by atoms with E-state index in [4.69, 9.17) is 16.3 Å². The maximum Gasteiger partial charge on any atom is 0.573 e. The third-order valence-electron chi connectivity index (χ3n) is 4.14. The minimum Gasteiger partial charge on any atom is -0.452 e. The molecular weight excluding hydrogens is 441 g/mol. The van der Waals surface area contributed by atoms with Gasteiger partial charge in [-0.2, -0.15) is 0 Å². The molecule has 0 bridgehead atoms. The predicted octanol–water partition coefficient (Wildman–Crippen LogP) is 2.86. The maximum atomic E-state index is 12.3. The molecule has 0 saturated carbocycles. The van der Waals surface area contributed by atoms with Crippen LogP contribution in [0.4, 0.5) is 13.2 Å². The number of benzene rings is 1. The summed E-state index contributed by atoms with van der Waals surface area (Å²) < 4.78 is 46.6. The lowest BCUT2D eigenvalue weighted by Crippen LogP contribution is -2.43. The van der Waals surface area contributed by atoms with Gasteiger partial charge in [-0.15, -0.1) is 13.2 Å². The summed E-state index contributed by atoms with van der Waals surface area (Å²) in [5.41, 5.74) is 0.691. The van der Waals surface area contributed by atoms with Gasteiger partial charge in [0.2, 0.25) is 6.41 Å². The molecule has 0 radical (unpaired) electrons. The fraction of sp³-hybridized carbons (Fsp3) is 0.211. The topological polar surface area (TPSA) is 84.0 Å². The number of hydrogen-bond acceptors (Lipinski definition) is 7. The summed E-state index contributed by atoms with van der Waals surface area (Å²) in [4.78, 5) is 29.8. The van der Waals surface area contributed by atoms with Crippen LogP contribution in [0.15, 0.2) is 54.1 Å². The number of hydrogen-bond donors (Lipinski definition) is 1. The molecular formula is C19H16ClF3N4O4. The zero-order chi connectivity index (χ0) is 22.6. The van der Waals surface area contributed by atoms with Crippen LogP contribution in [-0.2, 0) is 16.1 Å². The predicted molar refractivity (Wildman–Crippen MR) is 102 cm³/mol. The van der Waals surface area contributed by atoms with E-state index < -0.39 is 18.5 Å². The smallest absolute Gasteiger partial charge is 0.452 e. The van der Waals surface area contributed by atoms with Crippen LogP contribution in [0.25, 0.3) is 0 Å². The lowest BCUT2D eigenvalue weighted by atomic mass is 10.3. The molecule has 1 aromatic carbocycles. The van der Waals surface area contributed by atoms with Gasteiger partial charge in [-0.3, -0.25) is 14.6 Å². The molecule has 1 aromatic heterocycles. The Kier molecular flexibility index (Phi) is 6.54. The van der Waals surface area contributed by atoms with Crippen molar-refractivity contribution in [2.75, 3.05) is 7.05 Å². The molecule has 12 heteroatoms. The van der Waals surface area contributed by atoms with Gasteiger partial charge in [-0.1, -0.05) is 11.6 Å². The van der Waals surface area contributed by atoms with Gasteiger partial charge in [0.15, 0.2) is 6.29 Å². The van der Waals surface area contributed by atoms with Gasteiger partial charge in [0, 0.05) is 13.2 Å². The van der Waals surface area contributed by atoms with Crippen molar-refractivity contribution in [2.45, 2.75) is 19.3 Å². The number of rotatable bonds is 8. The number of amides is 1. The largest absolute Gasteiger partial charge is 0.573 e. The van der Waals surface area contributed by atoms with Crippen molar-refractivity contribution in [3.63, 3.8) is 0 Å². The van der Waals surface area contributed by atoms with Gasteiger partial charge < -0.3 is 24.6 Å². The van der Waals surface area contributed by atoms with Crippen molar-refractivity contribution in [2.24, 2.45) is 0 Å². The minimum atomic E-state index is -4.81. The number of pyridine rings is 1. The van der Waals surface area contributed by atoms with E-state index in [-0.39, 0.29) is 23.8 Å². The van der Waals surface area contributed by atoms with Crippen LogP contribution in [0.1, 0.15) is 5.69 Å². The Balaban J connectivity index is 1.84. The second-order valence-corrected chi connectivity index (χ2v) is 6.73. The molecule has 1 atom stereocenters. The molecule has 1 unspecified atom stereocenters. The molecule has 1 N–H and O–H groups in total. The first-order valence-electron chi connectivity index (χ1n) is 8.74. The Bertz CT molecular complexity index is 968. The minimum absolute atomic E-state index is 0.119. The number of nitrogens with one attached hydrogen (secondary N) is 1. The van der Waals surface area contributed by atoms with E-state index >= 15 is 0 Å². The maximum absolute atomic E-state index is 12.3. The number of ether oxygens (including phenoxy) is 2. The molecule has 0 saturated heterocycles. The first-order valence-corrected chi connectivity index (χ1v) is 9.11. The van der Waals surface area contributed by atoms with Gasteiger partial charge >= 0.3 is 6.36 Å². The van der Waals surface area contributed by atoms with E-state index in [9.17, 15) is 22.8 Å². The van der Waals surface area contributed by atoms with E-state index in [1.807, 2.05) is 0 Å². The zero-order valence-corrected chi connectivity index (χ0v) is 16.7. The van der Waals surface area contributed by atoms with Crippen LogP contribution in [0.5, 0.6) is 11.5 Å². The Morgan fingerprint density at radius 1 is 1.19 bits per heavy atom. The molecule has 2 aromatic rings. The number of nitrogens with zero attached hydrogens (tertiary/aromatic N) is 3. The highest BCUT2D eigenvalue weighted by molar-refractivity contribution is 6.30. The molecule has 2 heterocycles. The summed E-state index contributed by atoms with van der Waals surface area (Å²) in [6, 6.07) is 8.04. The number of halogens is 4. The van der Waals surface area contributed by atoms with Crippen molar-refractivity contribution < 1.29 is 32.2 Å². The molecule has 1 amide bonds. The van der Waals surface area contributed by atoms with E-state index in [0.717, 1.165) is 17.0 Å². The number of carbonyl (C=O) groups is 2. The average molecular weight is 457 g/mol. The third kappa shape index (κ3) is 5.57. The van der Waals surface area contributed by atoms with Crippen LogP contribution >= 0.6 is 11.6 Å². The molecule has 0 aliphatic carbocycles. The summed E-state index contributed by atoms with van der Waals surface area (Å²) in [6.07, 6.45) is -3.25. The van der Waals surface area contributed by atoms with Crippen LogP contribution in [0.2, 0.25) is 5.02 Å². The second kappa shape index (κ2) is 9.13. The number of alkyl halides is 3. The lowest BCUT2D eigenvalue weighted by Gasteiger charge is -2.27. The molecule has 0 spiro atoms. The SMILES string of the molecule is CN(C=O)C1=C(C=O)N(Cc2ccc(Cl)cn2)C(Oc2ccc(OC(F)(F)F)cc2)N1. The fourth-order valence-electron chi connectivity index (χ4n) is 2.77. The number of allylic oxidation sites excluding steroid dienone is 1. The highest BCUT2D eigenvalue weighted by Gasteiger charge is 2.35. The standard InChI is InChI=1S/C19H16ClF3N4O4/c1-26(11-29)17-16(10-28)27(9-13-3-2-12(20)8-24-13)18(25-17)30-14-4-6-15(7-5-14)31-19(21,22)23/h2-8,10-11,18,25H,9H2,1H3. The first-order chi connectivity index (χ1) is 14.7. The summed E-state index contributed by atoms with van der Waals surface area (Å²) in [5.74, 6) is -0.0168. The molecule has 164 valence electrons. The van der Waals surface area contributed by atoms with Gasteiger partial charge in [-0.05, 0) is 36.4 Å². The lowest BCUT2D eigenvalue weighted by molar-refractivity contribution is -0.274. The van der Waals surface area contributed by atoms with E-state index in [2.05, 4.69) is 15.0 Å². The quantitative estimate of drug-likeness (QED) is 0.611. The van der Waals surface area contributed by atoms with Gasteiger partial charge in [0.05, 0.1) is 17.3 Å². The van der Waals surface area contributed by atoms with Crippen LogP contribution in [0.3, 0.4) is 0 Å². The molecule has 1 aliphatic rings. The van der Waals surface area contributed by atoms with Crippen molar-refractivity contribution in [3.8, 4) is 11.5 Å². The Labute approximate surface area is 179 Å². The number of aromatic nitrogens is 1. The van der Waals surface area contributed by atoms with Crippen LogP contribution in [0, 0.1) is 0 Å². The zero-order valence-electron chi connectivity index (χ0n) is 16.0. The Hall–Kier alpha value is -3.47. The highest BCUT2D eigenvalue weighted by atomic mass is 35.5. The van der Waals surface area contributed by atoms with E-state index in [1.165, 1.54) is 30.3 Å². The van der Waals surface area contributed by atoms with Crippen molar-refractivity contribution in [1.29, 1.82) is 0 Å². The van der Waals surface area contributed by atoms with Crippen LogP contribution < -0.4 is 14.8 Å². The molecule has 0 fully saturated rings. The molecule has 3 rings (SSSR count). The van der Waals surface area contributed by atoms with Crippen molar-refractivity contribution in [1.82, 2.24) is 20.1 Å². The highest BCUT2D eigenvalue weighted by Crippen LogP contribution is 2.28. The van der Waals surface area contributed by atoms with E-state index in [1.54, 1.807) is 12.1 Å². The summed E-state index contributed by atoms with van der Waals surface area (Å²) in [5, 5.41) is 3.34. The Morgan fingerprint density at radius 2 is 1.87 bits per heavy atom. The summed E-state index contributed by atoms with van der Waals surface area (Å²) in [6.45, 7) is 0.119. The van der Waals surface area contributed by atoms with Crippen LogP contribution in [-0.4, -0.2) is 47.2 Å². The normalized spacial score (nSPS) is 16.0. The van der Waals surface area contributed by atoms with Crippen molar-refractivity contribution >= 4 is 24.3 Å². The van der Waals surface area contributed by atoms with E-state index in [0.29, 0.717) is 23.4 Å². The fourth-order valence-corrected chi connectivity index (χ4v) is 2.89. The Morgan fingerprint density at radius 3 is 2.42 bits per heavy atom. The van der Waals surface area contributed by atoms with Crippen molar-refractivity contribution in [3.05, 3.63) is 64.8 Å². The first kappa shape index (κ1) is 22.2. The number of aldehydes is 1. The summed E-state index contributed by atoms with van der Waals surface area (Å²) in [7, 11) is 1.45. The molecule has 31 heavy (non-hydrogen) atoms. The summed E-state index contributed by atoms with van der Waals surface area (Å²) >= 11 is 5.85. The average Bonchev–Trinajstić information content (AvgIpc) is 3.06. The van der Waals surface area contributed by atoms with Gasteiger partial charge in [-0.25, -0.2) is 0 Å². The number of carbonyl (C=O) groups excluding carboxylic acids is 2. The van der Waals surface area contributed by atoms with Gasteiger partial charge in [0.1, 0.15) is 23.0 Å². The van der Waals surface area contributed by atoms with Gasteiger partial charge in [0.25, 0.3) is 6.35 Å². The third-order valence-corrected chi connectivity index (χ3v) is 4.37. The molecule has 1 aliphatic heterocycles. The second-order valence-electron chi connectivity index (χ2n) is 6.30. The molecule has 8 nitrogen and oxygen atoms in total. The monoisotopic (exact) mass is 456 g/mol.